The summed E-state index contributed by atoms with van der Waals surface area (Å²) in [6, 6.07) is 0. The Bertz CT molecular complexity index is 331. The summed E-state index contributed by atoms with van der Waals surface area (Å²) in [7, 11) is 0. The van der Waals surface area contributed by atoms with Crippen molar-refractivity contribution < 1.29 is 0 Å². The van der Waals surface area contributed by atoms with Gasteiger partial charge >= 0.3 is 0 Å². The summed E-state index contributed by atoms with van der Waals surface area (Å²) in [5, 5.41) is 0. The van der Waals surface area contributed by atoms with Crippen LogP contribution in [0.3, 0.4) is 0 Å². The summed E-state index contributed by atoms with van der Waals surface area (Å²) >= 11 is 0. The highest BCUT2D eigenvalue weighted by atomic mass is 15.2. The molecule has 2 aliphatic heterocycles. The van der Waals surface area contributed by atoms with Crippen LogP contribution < -0.4 is 0 Å². The van der Waals surface area contributed by atoms with Crippen LogP contribution in [0.5, 0.6) is 0 Å². The van der Waals surface area contributed by atoms with Crippen molar-refractivity contribution in [2.24, 2.45) is 17.8 Å². The Kier molecular flexibility index (Phi) is 2.72. The standard InChI is InChI=1S/C14H21N/c1-10(2)12-8-13-6-5-7-14(11(3)4)15(13)9-12/h5-8,10-12H,9H2,1-4H3. The smallest absolute Gasteiger partial charge is 0.0371 e. The van der Waals surface area contributed by atoms with Crippen LogP contribution in [-0.2, 0) is 0 Å². The molecule has 1 nitrogen and oxygen atoms in total. The molecule has 2 heterocycles. The van der Waals surface area contributed by atoms with Gasteiger partial charge in [-0.25, -0.2) is 0 Å². The van der Waals surface area contributed by atoms with E-state index in [1.165, 1.54) is 17.9 Å². The lowest BCUT2D eigenvalue weighted by atomic mass is 9.97. The lowest BCUT2D eigenvalue weighted by Gasteiger charge is -2.30. The minimum atomic E-state index is 0.615. The third-order valence-electron chi connectivity index (χ3n) is 3.38. The Morgan fingerprint density at radius 3 is 2.60 bits per heavy atom. The van der Waals surface area contributed by atoms with Gasteiger partial charge in [0, 0.05) is 17.9 Å². The normalized spacial score (nSPS) is 24.7. The maximum atomic E-state index is 2.48. The summed E-state index contributed by atoms with van der Waals surface area (Å²) in [4.78, 5) is 2.48. The molecular formula is C14H21N. The highest BCUT2D eigenvalue weighted by Gasteiger charge is 2.28. The predicted molar refractivity (Wildman–Crippen MR) is 65.2 cm³/mol. The molecule has 0 bridgehead atoms. The highest BCUT2D eigenvalue weighted by Crippen LogP contribution is 2.34. The Balaban J connectivity index is 2.22. The van der Waals surface area contributed by atoms with Gasteiger partial charge in [0.25, 0.3) is 0 Å². The second-order valence-electron chi connectivity index (χ2n) is 5.22. The predicted octanol–water partition coefficient (Wildman–Crippen LogP) is 3.57. The molecule has 1 heteroatoms. The van der Waals surface area contributed by atoms with Gasteiger partial charge in [0.2, 0.25) is 0 Å². The van der Waals surface area contributed by atoms with Crippen LogP contribution in [0.4, 0.5) is 0 Å². The number of nitrogens with zero attached hydrogens (tertiary/aromatic N) is 1. The molecule has 15 heavy (non-hydrogen) atoms. The Morgan fingerprint density at radius 2 is 2.00 bits per heavy atom. The van der Waals surface area contributed by atoms with E-state index >= 15 is 0 Å². The molecule has 0 saturated carbocycles. The average Bonchev–Trinajstić information content (AvgIpc) is 2.60. The van der Waals surface area contributed by atoms with E-state index in [0.717, 1.165) is 5.92 Å². The van der Waals surface area contributed by atoms with Gasteiger partial charge in [0.05, 0.1) is 0 Å². The molecule has 0 saturated heterocycles. The fourth-order valence-corrected chi connectivity index (χ4v) is 2.32. The van der Waals surface area contributed by atoms with Crippen LogP contribution in [0.2, 0.25) is 0 Å². The molecule has 1 unspecified atom stereocenters. The average molecular weight is 203 g/mol. The van der Waals surface area contributed by atoms with Crippen molar-refractivity contribution in [3.8, 4) is 0 Å². The number of rotatable bonds is 2. The number of allylic oxidation sites excluding steroid dienone is 4. The van der Waals surface area contributed by atoms with Gasteiger partial charge in [-0.1, -0.05) is 39.8 Å². The van der Waals surface area contributed by atoms with Crippen LogP contribution in [0, 0.1) is 17.8 Å². The zero-order chi connectivity index (χ0) is 11.0. The lowest BCUT2D eigenvalue weighted by Crippen LogP contribution is -2.26. The van der Waals surface area contributed by atoms with E-state index in [0.29, 0.717) is 11.8 Å². The van der Waals surface area contributed by atoms with Crippen molar-refractivity contribution in [3.63, 3.8) is 0 Å². The van der Waals surface area contributed by atoms with Crippen molar-refractivity contribution in [1.29, 1.82) is 0 Å². The van der Waals surface area contributed by atoms with Crippen LogP contribution in [0.15, 0.2) is 35.7 Å². The third kappa shape index (κ3) is 1.88. The van der Waals surface area contributed by atoms with E-state index in [-0.39, 0.29) is 0 Å². The van der Waals surface area contributed by atoms with Crippen LogP contribution in [0.25, 0.3) is 0 Å². The minimum Gasteiger partial charge on any atom is -0.344 e. The van der Waals surface area contributed by atoms with Gasteiger partial charge in [-0.15, -0.1) is 0 Å². The third-order valence-corrected chi connectivity index (χ3v) is 3.38. The van der Waals surface area contributed by atoms with E-state index in [2.05, 4.69) is 56.9 Å². The molecule has 0 aliphatic carbocycles. The van der Waals surface area contributed by atoms with Crippen molar-refractivity contribution in [2.75, 3.05) is 6.54 Å². The van der Waals surface area contributed by atoms with Gasteiger partial charge in [0.1, 0.15) is 0 Å². The minimum absolute atomic E-state index is 0.615. The summed E-state index contributed by atoms with van der Waals surface area (Å²) in [5.41, 5.74) is 2.87. The van der Waals surface area contributed by atoms with E-state index in [1.807, 2.05) is 0 Å². The quantitative estimate of drug-likeness (QED) is 0.663. The number of hydrogen-bond acceptors (Lipinski definition) is 1. The second kappa shape index (κ2) is 3.88. The second-order valence-corrected chi connectivity index (χ2v) is 5.22. The monoisotopic (exact) mass is 203 g/mol. The fourth-order valence-electron chi connectivity index (χ4n) is 2.32. The van der Waals surface area contributed by atoms with E-state index in [9.17, 15) is 0 Å². The van der Waals surface area contributed by atoms with E-state index in [4.69, 9.17) is 0 Å². The molecule has 2 aliphatic rings. The zero-order valence-corrected chi connectivity index (χ0v) is 10.2. The maximum absolute atomic E-state index is 2.48. The zero-order valence-electron chi connectivity index (χ0n) is 10.2. The summed E-state index contributed by atoms with van der Waals surface area (Å²) < 4.78 is 0. The molecule has 0 fully saturated rings. The molecule has 2 rings (SSSR count). The molecular weight excluding hydrogens is 182 g/mol. The first kappa shape index (κ1) is 10.5. The van der Waals surface area contributed by atoms with Gasteiger partial charge in [-0.3, -0.25) is 0 Å². The molecule has 0 spiro atoms. The van der Waals surface area contributed by atoms with Gasteiger partial charge < -0.3 is 4.90 Å². The van der Waals surface area contributed by atoms with Crippen molar-refractivity contribution in [3.05, 3.63) is 35.7 Å². The molecule has 1 atom stereocenters. The highest BCUT2D eigenvalue weighted by molar-refractivity contribution is 5.36. The molecule has 0 N–H and O–H groups in total. The van der Waals surface area contributed by atoms with Crippen molar-refractivity contribution in [2.45, 2.75) is 27.7 Å². The van der Waals surface area contributed by atoms with Crippen LogP contribution >= 0.6 is 0 Å². The molecule has 0 aromatic heterocycles. The largest absolute Gasteiger partial charge is 0.344 e. The molecule has 0 radical (unpaired) electrons. The summed E-state index contributed by atoms with van der Waals surface area (Å²) in [5.74, 6) is 2.07. The number of fused-ring (bicyclic) bond motifs is 1. The summed E-state index contributed by atoms with van der Waals surface area (Å²) in [6.45, 7) is 10.3. The lowest BCUT2D eigenvalue weighted by molar-refractivity contribution is 0.346. The first-order valence-electron chi connectivity index (χ1n) is 5.97. The molecule has 82 valence electrons. The SMILES string of the molecule is CC(C)C1=CC=CC2=CC(C(C)C)CN21. The summed E-state index contributed by atoms with van der Waals surface area (Å²) in [6.07, 6.45) is 9.09. The van der Waals surface area contributed by atoms with Gasteiger partial charge in [-0.2, -0.15) is 0 Å². The first-order valence-corrected chi connectivity index (χ1v) is 5.97. The maximum Gasteiger partial charge on any atom is 0.0371 e. The molecule has 0 amide bonds. The Hall–Kier alpha value is -0.980. The van der Waals surface area contributed by atoms with Gasteiger partial charge in [-0.05, 0) is 29.9 Å². The fraction of sp³-hybridized carbons (Fsp3) is 0.571. The Labute approximate surface area is 93.2 Å². The number of hydrogen-bond donors (Lipinski definition) is 0. The first-order chi connectivity index (χ1) is 7.09. The van der Waals surface area contributed by atoms with E-state index in [1.54, 1.807) is 0 Å². The van der Waals surface area contributed by atoms with E-state index < -0.39 is 0 Å². The molecule has 0 aromatic carbocycles. The molecule has 0 aromatic rings. The van der Waals surface area contributed by atoms with Crippen molar-refractivity contribution in [1.82, 2.24) is 4.90 Å². The topological polar surface area (TPSA) is 3.24 Å². The van der Waals surface area contributed by atoms with Crippen LogP contribution in [0.1, 0.15) is 27.7 Å². The van der Waals surface area contributed by atoms with Crippen LogP contribution in [-0.4, -0.2) is 11.4 Å². The van der Waals surface area contributed by atoms with Crippen molar-refractivity contribution >= 4 is 0 Å². The Morgan fingerprint density at radius 1 is 1.27 bits per heavy atom. The van der Waals surface area contributed by atoms with Gasteiger partial charge in [0.15, 0.2) is 0 Å².